The summed E-state index contributed by atoms with van der Waals surface area (Å²) >= 11 is 8.29. The summed E-state index contributed by atoms with van der Waals surface area (Å²) in [4.78, 5) is 1.27. The van der Waals surface area contributed by atoms with Crippen molar-refractivity contribution in [3.05, 3.63) is 34.2 Å². The molecule has 0 amide bonds. The Hall–Kier alpha value is -0.570. The number of rotatable bonds is 4. The maximum Gasteiger partial charge on any atom is 0.0636 e. The molecule has 1 aromatic carbocycles. The van der Waals surface area contributed by atoms with Crippen LogP contribution in [0.25, 0.3) is 10.1 Å². The number of benzene rings is 1. The number of nitrogens with one attached hydrogen (secondary N) is 1. The molecule has 1 aromatic heterocycles. The Morgan fingerprint density at radius 2 is 2.15 bits per heavy atom. The third-order valence-electron chi connectivity index (χ3n) is 4.37. The summed E-state index contributed by atoms with van der Waals surface area (Å²) in [6.45, 7) is 4.42. The highest BCUT2D eigenvalue weighted by Gasteiger charge is 2.18. The van der Waals surface area contributed by atoms with Crippen molar-refractivity contribution >= 4 is 33.0 Å². The molecule has 0 radical (unpaired) electrons. The summed E-state index contributed by atoms with van der Waals surface area (Å²) in [5.41, 5.74) is 0. The van der Waals surface area contributed by atoms with Crippen LogP contribution in [0.4, 0.5) is 0 Å². The summed E-state index contributed by atoms with van der Waals surface area (Å²) < 4.78 is 1.29. The molecule has 1 saturated carbocycles. The van der Waals surface area contributed by atoms with Gasteiger partial charge in [0.05, 0.1) is 5.02 Å². The lowest BCUT2D eigenvalue weighted by Crippen LogP contribution is -2.26. The van der Waals surface area contributed by atoms with Crippen LogP contribution in [0.1, 0.15) is 37.5 Å². The minimum absolute atomic E-state index is 0.854. The van der Waals surface area contributed by atoms with E-state index in [4.69, 9.17) is 11.6 Å². The first-order chi connectivity index (χ1) is 9.74. The molecule has 0 aliphatic heterocycles. The summed E-state index contributed by atoms with van der Waals surface area (Å²) in [5.74, 6) is 1.76. The highest BCUT2D eigenvalue weighted by Crippen LogP contribution is 2.35. The zero-order valence-corrected chi connectivity index (χ0v) is 13.6. The molecule has 20 heavy (non-hydrogen) atoms. The van der Waals surface area contributed by atoms with Crippen LogP contribution >= 0.6 is 22.9 Å². The van der Waals surface area contributed by atoms with Gasteiger partial charge in [0.1, 0.15) is 0 Å². The van der Waals surface area contributed by atoms with Gasteiger partial charge < -0.3 is 5.32 Å². The standard InChI is InChI=1S/C17H22ClNS/c1-12-5-4-6-13(9-12)10-19-11-16-17(18)14-7-2-3-8-15(14)20-16/h2-3,7-8,12-13,19H,4-6,9-11H2,1H3. The second-order valence-corrected chi connectivity index (χ2v) is 7.62. The Morgan fingerprint density at radius 3 is 2.95 bits per heavy atom. The van der Waals surface area contributed by atoms with Crippen LogP contribution in [-0.2, 0) is 6.54 Å². The van der Waals surface area contributed by atoms with E-state index in [1.165, 1.54) is 40.6 Å². The van der Waals surface area contributed by atoms with Crippen molar-refractivity contribution in [3.8, 4) is 0 Å². The number of hydrogen-bond donors (Lipinski definition) is 1. The van der Waals surface area contributed by atoms with E-state index in [0.29, 0.717) is 0 Å². The van der Waals surface area contributed by atoms with Gasteiger partial charge in [-0.2, -0.15) is 0 Å². The second kappa shape index (κ2) is 6.46. The van der Waals surface area contributed by atoms with Crippen molar-refractivity contribution in [3.63, 3.8) is 0 Å². The smallest absolute Gasteiger partial charge is 0.0636 e. The van der Waals surface area contributed by atoms with E-state index in [2.05, 4.69) is 36.5 Å². The highest BCUT2D eigenvalue weighted by molar-refractivity contribution is 7.19. The fourth-order valence-corrected chi connectivity index (χ4v) is 4.78. The van der Waals surface area contributed by atoms with E-state index in [-0.39, 0.29) is 0 Å². The van der Waals surface area contributed by atoms with Gasteiger partial charge in [-0.15, -0.1) is 11.3 Å². The van der Waals surface area contributed by atoms with Crippen molar-refractivity contribution in [2.24, 2.45) is 11.8 Å². The topological polar surface area (TPSA) is 12.0 Å². The highest BCUT2D eigenvalue weighted by atomic mass is 35.5. The van der Waals surface area contributed by atoms with Gasteiger partial charge in [-0.1, -0.05) is 49.6 Å². The lowest BCUT2D eigenvalue weighted by molar-refractivity contribution is 0.274. The quantitative estimate of drug-likeness (QED) is 0.789. The van der Waals surface area contributed by atoms with Gasteiger partial charge in [0, 0.05) is 21.5 Å². The summed E-state index contributed by atoms with van der Waals surface area (Å²) in [6, 6.07) is 8.40. The monoisotopic (exact) mass is 307 g/mol. The van der Waals surface area contributed by atoms with Gasteiger partial charge >= 0.3 is 0 Å². The molecule has 2 atom stereocenters. The molecule has 1 nitrogen and oxygen atoms in total. The van der Waals surface area contributed by atoms with E-state index >= 15 is 0 Å². The molecule has 0 bridgehead atoms. The van der Waals surface area contributed by atoms with Gasteiger partial charge in [0.25, 0.3) is 0 Å². The van der Waals surface area contributed by atoms with Gasteiger partial charge in [0.2, 0.25) is 0 Å². The van der Waals surface area contributed by atoms with E-state index in [1.807, 2.05) is 11.3 Å². The minimum Gasteiger partial charge on any atom is -0.312 e. The predicted molar refractivity (Wildman–Crippen MR) is 89.7 cm³/mol. The Balaban J connectivity index is 1.58. The van der Waals surface area contributed by atoms with E-state index in [9.17, 15) is 0 Å². The molecule has 3 heteroatoms. The van der Waals surface area contributed by atoms with Gasteiger partial charge in [-0.05, 0) is 37.3 Å². The lowest BCUT2D eigenvalue weighted by atomic mass is 9.82. The van der Waals surface area contributed by atoms with Crippen LogP contribution in [0, 0.1) is 11.8 Å². The number of fused-ring (bicyclic) bond motifs is 1. The van der Waals surface area contributed by atoms with Crippen LogP contribution in [0.5, 0.6) is 0 Å². The normalized spacial score (nSPS) is 23.3. The Kier molecular flexibility index (Phi) is 4.65. The molecule has 1 aliphatic carbocycles. The first kappa shape index (κ1) is 14.4. The molecule has 3 rings (SSSR count). The van der Waals surface area contributed by atoms with E-state index in [0.717, 1.165) is 29.9 Å². The fraction of sp³-hybridized carbons (Fsp3) is 0.529. The van der Waals surface area contributed by atoms with Crippen LogP contribution < -0.4 is 5.32 Å². The van der Waals surface area contributed by atoms with Crippen molar-refractivity contribution in [1.29, 1.82) is 0 Å². The van der Waals surface area contributed by atoms with E-state index < -0.39 is 0 Å². The number of hydrogen-bond acceptors (Lipinski definition) is 2. The van der Waals surface area contributed by atoms with Gasteiger partial charge in [0.15, 0.2) is 0 Å². The molecule has 108 valence electrons. The average molecular weight is 308 g/mol. The molecule has 2 aromatic rings. The first-order valence-corrected chi connectivity index (χ1v) is 8.80. The van der Waals surface area contributed by atoms with Crippen molar-refractivity contribution in [2.75, 3.05) is 6.54 Å². The molecular weight excluding hydrogens is 286 g/mol. The third-order valence-corrected chi connectivity index (χ3v) is 6.08. The fourth-order valence-electron chi connectivity index (χ4n) is 3.31. The molecule has 1 heterocycles. The van der Waals surface area contributed by atoms with Gasteiger partial charge in [-0.3, -0.25) is 0 Å². The zero-order chi connectivity index (χ0) is 13.9. The average Bonchev–Trinajstić information content (AvgIpc) is 2.76. The maximum atomic E-state index is 6.47. The third kappa shape index (κ3) is 3.19. The molecule has 0 saturated heterocycles. The number of halogens is 1. The Labute approximate surface area is 130 Å². The summed E-state index contributed by atoms with van der Waals surface area (Å²) in [7, 11) is 0. The number of thiophene rings is 1. The zero-order valence-electron chi connectivity index (χ0n) is 12.0. The molecule has 2 unspecified atom stereocenters. The van der Waals surface area contributed by atoms with Crippen LogP contribution in [0.15, 0.2) is 24.3 Å². The van der Waals surface area contributed by atoms with Crippen LogP contribution in [0.3, 0.4) is 0 Å². The molecule has 1 aliphatic rings. The van der Waals surface area contributed by atoms with Crippen LogP contribution in [-0.4, -0.2) is 6.54 Å². The summed E-state index contributed by atoms with van der Waals surface area (Å²) in [5, 5.41) is 5.76. The van der Waals surface area contributed by atoms with Crippen LogP contribution in [0.2, 0.25) is 5.02 Å². The SMILES string of the molecule is CC1CCCC(CNCc2sc3ccccc3c2Cl)C1. The molecular formula is C17H22ClNS. The Morgan fingerprint density at radius 1 is 1.30 bits per heavy atom. The van der Waals surface area contributed by atoms with Crippen molar-refractivity contribution in [2.45, 2.75) is 39.2 Å². The molecule has 1 N–H and O–H groups in total. The largest absolute Gasteiger partial charge is 0.312 e. The summed E-state index contributed by atoms with van der Waals surface area (Å²) in [6.07, 6.45) is 5.58. The minimum atomic E-state index is 0.854. The molecule has 0 spiro atoms. The van der Waals surface area contributed by atoms with Gasteiger partial charge in [-0.25, -0.2) is 0 Å². The maximum absolute atomic E-state index is 6.47. The predicted octanol–water partition coefficient (Wildman–Crippen LogP) is 5.47. The first-order valence-electron chi connectivity index (χ1n) is 7.60. The second-order valence-electron chi connectivity index (χ2n) is 6.10. The lowest BCUT2D eigenvalue weighted by Gasteiger charge is -2.26. The van der Waals surface area contributed by atoms with Crippen molar-refractivity contribution in [1.82, 2.24) is 5.32 Å². The van der Waals surface area contributed by atoms with E-state index in [1.54, 1.807) is 0 Å². The van der Waals surface area contributed by atoms with Crippen molar-refractivity contribution < 1.29 is 0 Å². The Bertz CT molecular complexity index is 577. The molecule has 1 fully saturated rings.